The first-order valence-electron chi connectivity index (χ1n) is 6.52. The number of nitrogens with zero attached hydrogens (tertiary/aromatic N) is 1. The van der Waals surface area contributed by atoms with Gasteiger partial charge in [-0.25, -0.2) is 0 Å². The lowest BCUT2D eigenvalue weighted by atomic mass is 10.0. The number of hydrogen-bond donors (Lipinski definition) is 2. The van der Waals surface area contributed by atoms with E-state index in [9.17, 15) is 15.2 Å². The molecule has 1 unspecified atom stereocenters. The minimum Gasteiger partial charge on any atom is -0.506 e. The lowest BCUT2D eigenvalue weighted by Crippen LogP contribution is -2.12. The molecule has 0 bridgehead atoms. The maximum atomic E-state index is 11.2. The Hall–Kier alpha value is -2.82. The Balaban J connectivity index is 2.38. The van der Waals surface area contributed by atoms with E-state index in [0.29, 0.717) is 17.7 Å². The summed E-state index contributed by atoms with van der Waals surface area (Å²) in [6, 6.07) is 13.0. The summed E-state index contributed by atoms with van der Waals surface area (Å²) in [5, 5.41) is 24.1. The predicted octanol–water partition coefficient (Wildman–Crippen LogP) is 4.03. The van der Waals surface area contributed by atoms with Crippen molar-refractivity contribution in [3.05, 3.63) is 76.9 Å². The second-order valence-electron chi connectivity index (χ2n) is 4.55. The lowest BCUT2D eigenvalue weighted by Gasteiger charge is -2.19. The van der Waals surface area contributed by atoms with Gasteiger partial charge in [0, 0.05) is 6.07 Å². The molecule has 0 fully saturated rings. The molecule has 2 aromatic carbocycles. The number of hydrogen-bond acceptors (Lipinski definition) is 4. The Bertz CT molecular complexity index is 655. The quantitative estimate of drug-likeness (QED) is 0.363. The first-order valence-corrected chi connectivity index (χ1v) is 6.52. The van der Waals surface area contributed by atoms with Crippen molar-refractivity contribution in [3.8, 4) is 5.75 Å². The Kier molecular flexibility index (Phi) is 4.56. The summed E-state index contributed by atoms with van der Waals surface area (Å²) in [6.45, 7) is 3.69. The van der Waals surface area contributed by atoms with Crippen LogP contribution in [0, 0.1) is 10.1 Å². The van der Waals surface area contributed by atoms with E-state index in [1.807, 2.05) is 0 Å². The van der Waals surface area contributed by atoms with E-state index in [-0.39, 0.29) is 17.5 Å². The second-order valence-corrected chi connectivity index (χ2v) is 4.55. The van der Waals surface area contributed by atoms with Crippen LogP contribution in [0.3, 0.4) is 0 Å². The van der Waals surface area contributed by atoms with E-state index in [1.54, 1.807) is 48.5 Å². The van der Waals surface area contributed by atoms with Crippen LogP contribution in [-0.2, 0) is 0 Å². The number of phenols is 1. The summed E-state index contributed by atoms with van der Waals surface area (Å²) in [4.78, 5) is 10.7. The number of nitrogens with one attached hydrogen (secondary N) is 1. The van der Waals surface area contributed by atoms with Crippen LogP contribution in [0.25, 0.3) is 0 Å². The number of nitro groups is 1. The zero-order valence-electron chi connectivity index (χ0n) is 11.4. The van der Waals surface area contributed by atoms with Crippen LogP contribution in [0.15, 0.2) is 61.2 Å². The first kappa shape index (κ1) is 14.6. The fourth-order valence-electron chi connectivity index (χ4n) is 2.16. The molecular formula is C16H16N2O3. The molecule has 5 nitrogen and oxygen atoms in total. The van der Waals surface area contributed by atoms with Gasteiger partial charge in [0.2, 0.25) is 0 Å². The molecule has 21 heavy (non-hydrogen) atoms. The Labute approximate surface area is 122 Å². The van der Waals surface area contributed by atoms with Gasteiger partial charge in [0.15, 0.2) is 0 Å². The summed E-state index contributed by atoms with van der Waals surface area (Å²) in [5.74, 6) is 0.102. The van der Waals surface area contributed by atoms with Gasteiger partial charge in [-0.3, -0.25) is 10.1 Å². The van der Waals surface area contributed by atoms with Crippen molar-refractivity contribution in [3.63, 3.8) is 0 Å². The van der Waals surface area contributed by atoms with Gasteiger partial charge < -0.3 is 10.4 Å². The van der Waals surface area contributed by atoms with Crippen molar-refractivity contribution in [2.45, 2.75) is 12.5 Å². The molecule has 0 aliphatic rings. The van der Waals surface area contributed by atoms with Gasteiger partial charge in [-0.1, -0.05) is 36.4 Å². The van der Waals surface area contributed by atoms with Gasteiger partial charge in [-0.15, -0.1) is 6.58 Å². The van der Waals surface area contributed by atoms with Crippen LogP contribution in [-0.4, -0.2) is 10.0 Å². The summed E-state index contributed by atoms with van der Waals surface area (Å²) >= 11 is 0. The number of benzene rings is 2. The normalized spacial score (nSPS) is 11.6. The van der Waals surface area contributed by atoms with Crippen LogP contribution < -0.4 is 5.32 Å². The van der Waals surface area contributed by atoms with Crippen LogP contribution >= 0.6 is 0 Å². The van der Waals surface area contributed by atoms with E-state index in [2.05, 4.69) is 11.9 Å². The molecule has 0 aromatic heterocycles. The van der Waals surface area contributed by atoms with Crippen LogP contribution in [0.2, 0.25) is 0 Å². The monoisotopic (exact) mass is 284 g/mol. The molecule has 0 heterocycles. The number of aromatic hydroxyl groups is 1. The minimum atomic E-state index is -0.405. The van der Waals surface area contributed by atoms with Crippen molar-refractivity contribution in [1.29, 1.82) is 0 Å². The van der Waals surface area contributed by atoms with Gasteiger partial charge in [0.05, 0.1) is 22.2 Å². The van der Waals surface area contributed by atoms with Gasteiger partial charge in [0.25, 0.3) is 5.69 Å². The Morgan fingerprint density at radius 2 is 1.90 bits per heavy atom. The third-order valence-electron chi connectivity index (χ3n) is 3.15. The molecule has 0 amide bonds. The molecule has 2 rings (SSSR count). The van der Waals surface area contributed by atoms with Crippen LogP contribution in [0.1, 0.15) is 18.0 Å². The summed E-state index contributed by atoms with van der Waals surface area (Å²) < 4.78 is 0. The molecule has 0 saturated carbocycles. The number of para-hydroxylation sites is 3. The molecule has 0 saturated heterocycles. The topological polar surface area (TPSA) is 75.4 Å². The van der Waals surface area contributed by atoms with Crippen molar-refractivity contribution in [1.82, 2.24) is 0 Å². The molecule has 0 spiro atoms. The lowest BCUT2D eigenvalue weighted by molar-refractivity contribution is -0.385. The molecule has 5 heteroatoms. The van der Waals surface area contributed by atoms with Gasteiger partial charge in [-0.2, -0.15) is 0 Å². The number of rotatable bonds is 6. The summed E-state index contributed by atoms with van der Waals surface area (Å²) in [7, 11) is 0. The molecule has 2 N–H and O–H groups in total. The zero-order chi connectivity index (χ0) is 15.2. The Morgan fingerprint density at radius 1 is 1.24 bits per heavy atom. The van der Waals surface area contributed by atoms with Crippen molar-refractivity contribution < 1.29 is 10.0 Å². The van der Waals surface area contributed by atoms with Crippen molar-refractivity contribution in [2.75, 3.05) is 5.32 Å². The standard InChI is InChI=1S/C16H16N2O3/c1-2-7-13(17-14-9-4-6-11-16(14)19)12-8-3-5-10-15(12)18(20)21/h2-6,8-11,13,17,19H,1,7H2. The third-order valence-corrected chi connectivity index (χ3v) is 3.15. The highest BCUT2D eigenvalue weighted by molar-refractivity contribution is 5.58. The van der Waals surface area contributed by atoms with Crippen LogP contribution in [0.5, 0.6) is 5.75 Å². The molecule has 108 valence electrons. The predicted molar refractivity (Wildman–Crippen MR) is 82.4 cm³/mol. The van der Waals surface area contributed by atoms with Gasteiger partial charge in [0.1, 0.15) is 5.75 Å². The molecule has 0 aliphatic heterocycles. The van der Waals surface area contributed by atoms with E-state index in [1.165, 1.54) is 6.07 Å². The number of phenolic OH excluding ortho intramolecular Hbond substituents is 1. The van der Waals surface area contributed by atoms with Crippen molar-refractivity contribution in [2.24, 2.45) is 0 Å². The highest BCUT2D eigenvalue weighted by atomic mass is 16.6. The maximum absolute atomic E-state index is 11.2. The molecular weight excluding hydrogens is 268 g/mol. The van der Waals surface area contributed by atoms with Crippen LogP contribution in [0.4, 0.5) is 11.4 Å². The third kappa shape index (κ3) is 3.39. The summed E-state index contributed by atoms with van der Waals surface area (Å²) in [6.07, 6.45) is 2.19. The SMILES string of the molecule is C=CCC(Nc1ccccc1O)c1ccccc1[N+](=O)[O-]. The highest BCUT2D eigenvalue weighted by Gasteiger charge is 2.21. The Morgan fingerprint density at radius 3 is 2.57 bits per heavy atom. The van der Waals surface area contributed by atoms with E-state index in [0.717, 1.165) is 0 Å². The smallest absolute Gasteiger partial charge is 0.274 e. The average Bonchev–Trinajstić information content (AvgIpc) is 2.49. The second kappa shape index (κ2) is 6.56. The first-order chi connectivity index (χ1) is 10.1. The molecule has 1 atom stereocenters. The van der Waals surface area contributed by atoms with Gasteiger partial charge >= 0.3 is 0 Å². The minimum absolute atomic E-state index is 0.0484. The molecule has 0 radical (unpaired) electrons. The molecule has 0 aliphatic carbocycles. The maximum Gasteiger partial charge on any atom is 0.274 e. The largest absolute Gasteiger partial charge is 0.506 e. The molecule has 2 aromatic rings. The van der Waals surface area contributed by atoms with Gasteiger partial charge in [-0.05, 0) is 18.6 Å². The van der Waals surface area contributed by atoms with E-state index in [4.69, 9.17) is 0 Å². The number of nitro benzene ring substituents is 1. The fourth-order valence-corrected chi connectivity index (χ4v) is 2.16. The zero-order valence-corrected chi connectivity index (χ0v) is 11.4. The summed E-state index contributed by atoms with van der Waals surface area (Å²) in [5.41, 5.74) is 1.14. The van der Waals surface area contributed by atoms with E-state index < -0.39 is 4.92 Å². The fraction of sp³-hybridized carbons (Fsp3) is 0.125. The highest BCUT2D eigenvalue weighted by Crippen LogP contribution is 2.32. The number of anilines is 1. The average molecular weight is 284 g/mol. The van der Waals surface area contributed by atoms with E-state index >= 15 is 0 Å². The van der Waals surface area contributed by atoms with Crippen molar-refractivity contribution >= 4 is 11.4 Å².